The molecule has 0 radical (unpaired) electrons. The highest BCUT2D eigenvalue weighted by atomic mass is 19.1. The number of nitrogens with zero attached hydrogens (tertiary/aromatic N) is 1. The van der Waals surface area contributed by atoms with E-state index in [2.05, 4.69) is 42.5 Å². The first-order valence-corrected chi connectivity index (χ1v) is 9.39. The molecule has 1 amide bonds. The van der Waals surface area contributed by atoms with E-state index in [1.165, 1.54) is 28.5 Å². The number of rotatable bonds is 1. The summed E-state index contributed by atoms with van der Waals surface area (Å²) >= 11 is 0. The van der Waals surface area contributed by atoms with Gasteiger partial charge in [0.15, 0.2) is 0 Å². The minimum atomic E-state index is -0.253. The summed E-state index contributed by atoms with van der Waals surface area (Å²) in [6.45, 7) is 1.62. The van der Waals surface area contributed by atoms with Crippen LogP contribution in [0.5, 0.6) is 0 Å². The lowest BCUT2D eigenvalue weighted by atomic mass is 9.74. The molecule has 0 spiro atoms. The van der Waals surface area contributed by atoms with Crippen molar-refractivity contribution in [3.8, 4) is 0 Å². The molecule has 27 heavy (non-hydrogen) atoms. The fraction of sp³-hybridized carbons (Fsp3) is 0.208. The van der Waals surface area contributed by atoms with Crippen molar-refractivity contribution in [2.75, 3.05) is 4.90 Å². The molecule has 3 aromatic rings. The zero-order valence-electron chi connectivity index (χ0n) is 15.1. The molecule has 1 heterocycles. The Kier molecular flexibility index (Phi) is 3.64. The summed E-state index contributed by atoms with van der Waals surface area (Å²) in [4.78, 5) is 14.7. The summed E-state index contributed by atoms with van der Waals surface area (Å²) in [5.74, 6) is 0.289. The van der Waals surface area contributed by atoms with Gasteiger partial charge in [-0.15, -0.1) is 0 Å². The molecule has 0 unspecified atom stereocenters. The van der Waals surface area contributed by atoms with Crippen LogP contribution >= 0.6 is 0 Å². The van der Waals surface area contributed by atoms with E-state index in [1.54, 1.807) is 6.92 Å². The molecule has 0 N–H and O–H groups in total. The number of fused-ring (bicyclic) bond motifs is 5. The van der Waals surface area contributed by atoms with Gasteiger partial charge in [0.2, 0.25) is 5.91 Å². The molecule has 1 aliphatic carbocycles. The van der Waals surface area contributed by atoms with E-state index < -0.39 is 0 Å². The van der Waals surface area contributed by atoms with Crippen LogP contribution in [-0.4, -0.2) is 5.91 Å². The van der Waals surface area contributed by atoms with Crippen LogP contribution in [0.2, 0.25) is 0 Å². The first kappa shape index (κ1) is 16.2. The smallest absolute Gasteiger partial charge is 0.224 e. The van der Waals surface area contributed by atoms with Gasteiger partial charge in [-0.1, -0.05) is 54.6 Å². The third kappa shape index (κ3) is 2.42. The second kappa shape index (κ2) is 6.05. The van der Waals surface area contributed by atoms with E-state index in [9.17, 15) is 9.18 Å². The Hall–Kier alpha value is -2.94. The molecule has 2 aliphatic rings. The number of halogens is 1. The van der Waals surface area contributed by atoms with Crippen molar-refractivity contribution >= 4 is 22.4 Å². The highest BCUT2D eigenvalue weighted by molar-refractivity contribution is 6.00. The van der Waals surface area contributed by atoms with Crippen molar-refractivity contribution in [3.05, 3.63) is 89.8 Å². The first-order chi connectivity index (χ1) is 13.1. The van der Waals surface area contributed by atoms with Crippen LogP contribution in [0.25, 0.3) is 10.8 Å². The maximum absolute atomic E-state index is 13.5. The molecule has 134 valence electrons. The van der Waals surface area contributed by atoms with E-state index in [-0.39, 0.29) is 29.6 Å². The predicted octanol–water partition coefficient (Wildman–Crippen LogP) is 5.75. The number of carbonyl (C=O) groups excluding carboxylic acids is 1. The van der Waals surface area contributed by atoms with Gasteiger partial charge >= 0.3 is 0 Å². The van der Waals surface area contributed by atoms with Gasteiger partial charge in [-0.2, -0.15) is 0 Å². The molecule has 2 nitrogen and oxygen atoms in total. The predicted molar refractivity (Wildman–Crippen MR) is 106 cm³/mol. The van der Waals surface area contributed by atoms with Gasteiger partial charge in [-0.3, -0.25) is 4.79 Å². The normalized spacial score (nSPS) is 23.3. The minimum absolute atomic E-state index is 0.0196. The highest BCUT2D eigenvalue weighted by Gasteiger charge is 2.44. The van der Waals surface area contributed by atoms with Crippen molar-refractivity contribution in [3.63, 3.8) is 0 Å². The van der Waals surface area contributed by atoms with Gasteiger partial charge in [-0.05, 0) is 52.4 Å². The van der Waals surface area contributed by atoms with Gasteiger partial charge in [0.1, 0.15) is 5.82 Å². The molecule has 3 heteroatoms. The largest absolute Gasteiger partial charge is 0.305 e. The van der Waals surface area contributed by atoms with Crippen LogP contribution < -0.4 is 4.90 Å². The quantitative estimate of drug-likeness (QED) is 0.508. The zero-order valence-corrected chi connectivity index (χ0v) is 15.1. The van der Waals surface area contributed by atoms with Crippen LogP contribution in [0.3, 0.4) is 0 Å². The van der Waals surface area contributed by atoms with E-state index in [1.807, 2.05) is 23.1 Å². The Balaban J connectivity index is 1.78. The molecule has 0 fully saturated rings. The SMILES string of the molecule is CC(=O)N1c2ccc3ccccc3c2[C@@H]2C=CC[C@@H]2[C@@H]1c1ccc(F)cc1. The Labute approximate surface area is 157 Å². The maximum atomic E-state index is 13.5. The molecule has 1 aliphatic heterocycles. The van der Waals surface area contributed by atoms with E-state index in [4.69, 9.17) is 0 Å². The number of hydrogen-bond acceptors (Lipinski definition) is 1. The molecule has 3 atom stereocenters. The highest BCUT2D eigenvalue weighted by Crippen LogP contribution is 2.54. The number of allylic oxidation sites excluding steroid dienone is 2. The van der Waals surface area contributed by atoms with E-state index in [0.717, 1.165) is 17.7 Å². The number of amides is 1. The summed E-state index contributed by atoms with van der Waals surface area (Å²) in [6, 6.07) is 19.0. The second-order valence-corrected chi connectivity index (χ2v) is 7.46. The summed E-state index contributed by atoms with van der Waals surface area (Å²) in [7, 11) is 0. The van der Waals surface area contributed by atoms with Crippen LogP contribution in [-0.2, 0) is 4.79 Å². The fourth-order valence-corrected chi connectivity index (χ4v) is 4.91. The van der Waals surface area contributed by atoms with Crippen LogP contribution in [0.1, 0.15) is 36.4 Å². The van der Waals surface area contributed by atoms with Crippen LogP contribution in [0.15, 0.2) is 72.8 Å². The van der Waals surface area contributed by atoms with Gasteiger partial charge in [-0.25, -0.2) is 4.39 Å². The van der Waals surface area contributed by atoms with Crippen molar-refractivity contribution in [1.82, 2.24) is 0 Å². The average Bonchev–Trinajstić information content (AvgIpc) is 3.16. The zero-order chi connectivity index (χ0) is 18.5. The third-order valence-electron chi connectivity index (χ3n) is 5.99. The molecular formula is C24H20FNO. The standard InChI is InChI=1S/C24H20FNO/c1-15(27)26-22-14-11-16-5-2-3-6-19(16)23(22)20-7-4-8-21(20)24(26)17-9-12-18(25)13-10-17/h2-7,9-14,20-21,24H,8H2,1H3/t20-,21+,24+/m1/s1. The molecule has 3 aromatic carbocycles. The Morgan fingerprint density at radius 3 is 2.59 bits per heavy atom. The van der Waals surface area contributed by atoms with Crippen molar-refractivity contribution in [2.45, 2.75) is 25.3 Å². The second-order valence-electron chi connectivity index (χ2n) is 7.46. The number of carbonyl (C=O) groups is 1. The van der Waals surface area contributed by atoms with Gasteiger partial charge < -0.3 is 4.90 Å². The summed E-state index contributed by atoms with van der Waals surface area (Å²) < 4.78 is 13.5. The minimum Gasteiger partial charge on any atom is -0.305 e. The lowest BCUT2D eigenvalue weighted by molar-refractivity contribution is -0.117. The van der Waals surface area contributed by atoms with E-state index in [0.29, 0.717) is 0 Å². The summed E-state index contributed by atoms with van der Waals surface area (Å²) in [5, 5.41) is 2.40. The number of benzene rings is 3. The molecule has 5 rings (SSSR count). The molecule has 0 saturated carbocycles. The van der Waals surface area contributed by atoms with Crippen molar-refractivity contribution < 1.29 is 9.18 Å². The summed E-state index contributed by atoms with van der Waals surface area (Å²) in [5.41, 5.74) is 3.20. The van der Waals surface area contributed by atoms with Crippen LogP contribution in [0.4, 0.5) is 10.1 Å². The van der Waals surface area contributed by atoms with Crippen molar-refractivity contribution in [2.24, 2.45) is 5.92 Å². The van der Waals surface area contributed by atoms with Crippen LogP contribution in [0, 0.1) is 11.7 Å². The van der Waals surface area contributed by atoms with Gasteiger partial charge in [0.25, 0.3) is 0 Å². The first-order valence-electron chi connectivity index (χ1n) is 9.39. The Bertz CT molecular complexity index is 1070. The number of hydrogen-bond donors (Lipinski definition) is 0. The van der Waals surface area contributed by atoms with Gasteiger partial charge in [0, 0.05) is 18.5 Å². The molecule has 0 bridgehead atoms. The maximum Gasteiger partial charge on any atom is 0.224 e. The van der Waals surface area contributed by atoms with E-state index >= 15 is 0 Å². The third-order valence-corrected chi connectivity index (χ3v) is 5.99. The Morgan fingerprint density at radius 2 is 1.81 bits per heavy atom. The lowest BCUT2D eigenvalue weighted by Gasteiger charge is -2.44. The lowest BCUT2D eigenvalue weighted by Crippen LogP contribution is -2.42. The fourth-order valence-electron chi connectivity index (χ4n) is 4.91. The number of anilines is 1. The van der Waals surface area contributed by atoms with Gasteiger partial charge in [0.05, 0.1) is 6.04 Å². The molecular weight excluding hydrogens is 337 g/mol. The topological polar surface area (TPSA) is 20.3 Å². The van der Waals surface area contributed by atoms with Crippen molar-refractivity contribution in [1.29, 1.82) is 0 Å². The summed E-state index contributed by atoms with van der Waals surface area (Å²) in [6.07, 6.45) is 5.42. The molecule has 0 saturated heterocycles. The monoisotopic (exact) mass is 357 g/mol. The molecule has 0 aromatic heterocycles. The Morgan fingerprint density at radius 1 is 1.04 bits per heavy atom. The average molecular weight is 357 g/mol.